The largest absolute Gasteiger partial charge is 0.467 e. The van der Waals surface area contributed by atoms with Crippen LogP contribution in [0, 0.1) is 0 Å². The minimum atomic E-state index is -1.56. The first-order chi connectivity index (χ1) is 9.52. The van der Waals surface area contributed by atoms with Crippen molar-refractivity contribution in [1.82, 2.24) is 0 Å². The van der Waals surface area contributed by atoms with Crippen molar-refractivity contribution >= 4 is 11.8 Å². The summed E-state index contributed by atoms with van der Waals surface area (Å²) in [5, 5.41) is 0. The molecule has 0 aromatic rings. The van der Waals surface area contributed by atoms with E-state index in [2.05, 4.69) is 18.2 Å². The van der Waals surface area contributed by atoms with E-state index in [0.29, 0.717) is 6.42 Å². The first-order valence-electron chi connectivity index (χ1n) is 7.57. The Balaban J connectivity index is 4.01. The number of carbonyl (C=O) groups is 2. The molecule has 0 aromatic carbocycles. The molecule has 2 N–H and O–H groups in total. The van der Waals surface area contributed by atoms with Gasteiger partial charge in [-0.2, -0.15) is 0 Å². The molecule has 0 saturated heterocycles. The lowest BCUT2D eigenvalue weighted by atomic mass is 9.88. The number of esters is 1. The Bertz CT molecular complexity index is 315. The van der Waals surface area contributed by atoms with Crippen LogP contribution in [0.25, 0.3) is 0 Å². The van der Waals surface area contributed by atoms with Crippen molar-refractivity contribution in [3.05, 3.63) is 12.7 Å². The zero-order valence-electron chi connectivity index (χ0n) is 13.0. The summed E-state index contributed by atoms with van der Waals surface area (Å²) in [6.07, 6.45) is 10.5. The number of hydrogen-bond acceptors (Lipinski definition) is 4. The monoisotopic (exact) mass is 283 g/mol. The van der Waals surface area contributed by atoms with Crippen molar-refractivity contribution < 1.29 is 14.3 Å². The van der Waals surface area contributed by atoms with Gasteiger partial charge in [-0.1, -0.05) is 64.9 Å². The van der Waals surface area contributed by atoms with Crippen LogP contribution in [-0.4, -0.2) is 24.4 Å². The van der Waals surface area contributed by atoms with Crippen LogP contribution in [0.3, 0.4) is 0 Å². The lowest BCUT2D eigenvalue weighted by Gasteiger charge is -2.23. The third-order valence-corrected chi connectivity index (χ3v) is 3.60. The lowest BCUT2D eigenvalue weighted by molar-refractivity contribution is -0.150. The molecule has 0 aliphatic rings. The predicted molar refractivity (Wildman–Crippen MR) is 81.4 cm³/mol. The fraction of sp³-hybridized carbons (Fsp3) is 0.750. The van der Waals surface area contributed by atoms with Gasteiger partial charge in [0.1, 0.15) is 0 Å². The first kappa shape index (κ1) is 18.8. The van der Waals surface area contributed by atoms with Crippen LogP contribution in [0.2, 0.25) is 0 Å². The molecule has 0 rings (SSSR count). The molecular formula is C16H29NO3. The van der Waals surface area contributed by atoms with Crippen LogP contribution >= 0.6 is 0 Å². The predicted octanol–water partition coefficient (Wildman–Crippen LogP) is 3.14. The molecule has 20 heavy (non-hydrogen) atoms. The molecule has 4 heteroatoms. The first-order valence-corrected chi connectivity index (χ1v) is 7.57. The summed E-state index contributed by atoms with van der Waals surface area (Å²) in [6, 6.07) is 0. The van der Waals surface area contributed by atoms with Crippen LogP contribution in [0.4, 0.5) is 0 Å². The van der Waals surface area contributed by atoms with Crippen molar-refractivity contribution in [2.45, 2.75) is 70.3 Å². The average Bonchev–Trinajstić information content (AvgIpc) is 2.47. The number of carbonyl (C=O) groups excluding carboxylic acids is 2. The van der Waals surface area contributed by atoms with Gasteiger partial charge < -0.3 is 10.5 Å². The standard InChI is InChI=1S/C16H29NO3/c1-4-6-7-8-9-10-11-12-13-16(17,14(18)5-2)15(19)20-3/h5H,2,4,6-13,17H2,1,3H3. The van der Waals surface area contributed by atoms with E-state index in [1.807, 2.05) is 0 Å². The van der Waals surface area contributed by atoms with Crippen molar-refractivity contribution in [3.63, 3.8) is 0 Å². The maximum atomic E-state index is 11.7. The number of unbranched alkanes of at least 4 members (excludes halogenated alkanes) is 7. The Labute approximate surface area is 122 Å². The molecule has 0 radical (unpaired) electrons. The normalized spacial score (nSPS) is 13.6. The van der Waals surface area contributed by atoms with Crippen LogP contribution in [-0.2, 0) is 14.3 Å². The fourth-order valence-electron chi connectivity index (χ4n) is 2.23. The Morgan fingerprint density at radius 2 is 1.60 bits per heavy atom. The highest BCUT2D eigenvalue weighted by atomic mass is 16.5. The minimum Gasteiger partial charge on any atom is -0.467 e. The molecule has 0 aliphatic carbocycles. The van der Waals surface area contributed by atoms with Crippen LogP contribution in [0.1, 0.15) is 64.7 Å². The molecule has 0 bridgehead atoms. The third kappa shape index (κ3) is 6.33. The molecule has 0 spiro atoms. The Hall–Kier alpha value is -1.16. The van der Waals surface area contributed by atoms with Gasteiger partial charge in [0, 0.05) is 0 Å². The second-order valence-electron chi connectivity index (χ2n) is 5.26. The summed E-state index contributed by atoms with van der Waals surface area (Å²) < 4.78 is 4.63. The molecule has 0 heterocycles. The highest BCUT2D eigenvalue weighted by Gasteiger charge is 2.40. The van der Waals surface area contributed by atoms with Gasteiger partial charge in [-0.25, -0.2) is 4.79 Å². The second-order valence-corrected chi connectivity index (χ2v) is 5.26. The summed E-state index contributed by atoms with van der Waals surface area (Å²) in [4.78, 5) is 23.4. The quantitative estimate of drug-likeness (QED) is 0.258. The van der Waals surface area contributed by atoms with Crippen molar-refractivity contribution in [1.29, 1.82) is 0 Å². The fourth-order valence-corrected chi connectivity index (χ4v) is 2.23. The van der Waals surface area contributed by atoms with Gasteiger partial charge in [0.15, 0.2) is 11.3 Å². The van der Waals surface area contributed by atoms with Gasteiger partial charge in [-0.15, -0.1) is 0 Å². The topological polar surface area (TPSA) is 69.4 Å². The zero-order valence-corrected chi connectivity index (χ0v) is 13.0. The number of ether oxygens (including phenoxy) is 1. The van der Waals surface area contributed by atoms with E-state index in [4.69, 9.17) is 5.73 Å². The van der Waals surface area contributed by atoms with Crippen LogP contribution in [0.5, 0.6) is 0 Å². The van der Waals surface area contributed by atoms with E-state index < -0.39 is 17.3 Å². The number of ketones is 1. The summed E-state index contributed by atoms with van der Waals surface area (Å²) >= 11 is 0. The van der Waals surface area contributed by atoms with E-state index in [0.717, 1.165) is 25.3 Å². The van der Waals surface area contributed by atoms with Crippen LogP contribution < -0.4 is 5.73 Å². The number of methoxy groups -OCH3 is 1. The minimum absolute atomic E-state index is 0.319. The Morgan fingerprint density at radius 3 is 2.05 bits per heavy atom. The molecule has 4 nitrogen and oxygen atoms in total. The molecule has 0 amide bonds. The number of nitrogens with two attached hydrogens (primary N) is 1. The Morgan fingerprint density at radius 1 is 1.10 bits per heavy atom. The van der Waals surface area contributed by atoms with Gasteiger partial charge in [0.2, 0.25) is 0 Å². The van der Waals surface area contributed by atoms with Gasteiger partial charge in [0.25, 0.3) is 0 Å². The summed E-state index contributed by atoms with van der Waals surface area (Å²) in [5.74, 6) is -1.14. The van der Waals surface area contributed by atoms with Crippen LogP contribution in [0.15, 0.2) is 12.7 Å². The molecule has 116 valence electrons. The second kappa shape index (κ2) is 10.6. The van der Waals surface area contributed by atoms with Crippen molar-refractivity contribution in [3.8, 4) is 0 Å². The highest BCUT2D eigenvalue weighted by molar-refractivity contribution is 6.13. The van der Waals surface area contributed by atoms with E-state index >= 15 is 0 Å². The van der Waals surface area contributed by atoms with Gasteiger partial charge in [0.05, 0.1) is 7.11 Å². The zero-order chi connectivity index (χ0) is 15.4. The molecule has 0 aromatic heterocycles. The van der Waals surface area contributed by atoms with Crippen molar-refractivity contribution in [2.75, 3.05) is 7.11 Å². The van der Waals surface area contributed by atoms with E-state index in [1.54, 1.807) is 0 Å². The lowest BCUT2D eigenvalue weighted by Crippen LogP contribution is -2.54. The molecule has 0 fully saturated rings. The van der Waals surface area contributed by atoms with Gasteiger partial charge >= 0.3 is 5.97 Å². The average molecular weight is 283 g/mol. The summed E-state index contributed by atoms with van der Waals surface area (Å²) in [7, 11) is 1.24. The molecule has 0 aliphatic heterocycles. The number of hydrogen-bond donors (Lipinski definition) is 1. The smallest absolute Gasteiger partial charge is 0.333 e. The van der Waals surface area contributed by atoms with E-state index in [-0.39, 0.29) is 0 Å². The maximum Gasteiger partial charge on any atom is 0.333 e. The molecule has 1 unspecified atom stereocenters. The van der Waals surface area contributed by atoms with E-state index in [1.165, 1.54) is 39.2 Å². The highest BCUT2D eigenvalue weighted by Crippen LogP contribution is 2.18. The summed E-state index contributed by atoms with van der Waals surface area (Å²) in [5.41, 5.74) is 4.33. The summed E-state index contributed by atoms with van der Waals surface area (Å²) in [6.45, 7) is 5.59. The maximum absolute atomic E-state index is 11.7. The SMILES string of the molecule is C=CC(=O)C(N)(CCCCCCCCCC)C(=O)OC. The Kier molecular flexibility index (Phi) is 9.99. The van der Waals surface area contributed by atoms with Gasteiger partial charge in [-0.3, -0.25) is 4.79 Å². The van der Waals surface area contributed by atoms with E-state index in [9.17, 15) is 9.59 Å². The van der Waals surface area contributed by atoms with Gasteiger partial charge in [-0.05, 0) is 12.5 Å². The van der Waals surface area contributed by atoms with Crippen molar-refractivity contribution in [2.24, 2.45) is 5.73 Å². The number of rotatable bonds is 12. The molecular weight excluding hydrogens is 254 g/mol. The third-order valence-electron chi connectivity index (χ3n) is 3.60. The molecule has 1 atom stereocenters. The molecule has 0 saturated carbocycles.